The van der Waals surface area contributed by atoms with Gasteiger partial charge < -0.3 is 9.15 Å². The Kier molecular flexibility index (Phi) is 5.66. The van der Waals surface area contributed by atoms with Gasteiger partial charge in [0.1, 0.15) is 6.04 Å². The summed E-state index contributed by atoms with van der Waals surface area (Å²) < 4.78 is 11.1. The number of aromatic nitrogens is 1. The minimum absolute atomic E-state index is 0.0632. The Morgan fingerprint density at radius 2 is 1.61 bits per heavy atom. The topological polar surface area (TPSA) is 89.7 Å². The molecule has 1 aliphatic rings. The van der Waals surface area contributed by atoms with Gasteiger partial charge in [0.05, 0.1) is 17.3 Å². The van der Waals surface area contributed by atoms with Crippen molar-refractivity contribution in [1.82, 2.24) is 9.88 Å². The molecule has 31 heavy (non-hydrogen) atoms. The molecule has 0 saturated carbocycles. The van der Waals surface area contributed by atoms with E-state index < -0.39 is 23.8 Å². The van der Waals surface area contributed by atoms with Crippen LogP contribution >= 0.6 is 0 Å². The number of ether oxygens (including phenoxy) is 1. The van der Waals surface area contributed by atoms with Crippen molar-refractivity contribution in [2.45, 2.75) is 32.9 Å². The van der Waals surface area contributed by atoms with Crippen LogP contribution in [0.15, 0.2) is 65.2 Å². The third kappa shape index (κ3) is 4.12. The molecule has 4 rings (SSSR count). The van der Waals surface area contributed by atoms with Gasteiger partial charge in [0.2, 0.25) is 5.89 Å². The van der Waals surface area contributed by atoms with Crippen molar-refractivity contribution >= 4 is 17.8 Å². The van der Waals surface area contributed by atoms with E-state index in [2.05, 4.69) is 4.98 Å². The smallest absolute Gasteiger partial charge is 0.329 e. The molecule has 2 aromatic carbocycles. The molecule has 7 heteroatoms. The highest BCUT2D eigenvalue weighted by Gasteiger charge is 2.43. The first kappa shape index (κ1) is 20.5. The van der Waals surface area contributed by atoms with Crippen molar-refractivity contribution in [3.63, 3.8) is 0 Å². The van der Waals surface area contributed by atoms with E-state index in [9.17, 15) is 14.4 Å². The number of hydrogen-bond acceptors (Lipinski definition) is 6. The fourth-order valence-electron chi connectivity index (χ4n) is 3.59. The van der Waals surface area contributed by atoms with Gasteiger partial charge in [-0.05, 0) is 24.5 Å². The third-order valence-corrected chi connectivity index (χ3v) is 5.05. The summed E-state index contributed by atoms with van der Waals surface area (Å²) in [5.74, 6) is -0.768. The fraction of sp³-hybridized carbons (Fsp3) is 0.250. The molecule has 0 fully saturated rings. The summed E-state index contributed by atoms with van der Waals surface area (Å²) in [5.41, 5.74) is 1.46. The Morgan fingerprint density at radius 3 is 2.23 bits per heavy atom. The highest BCUT2D eigenvalue weighted by Crippen LogP contribution is 2.28. The lowest BCUT2D eigenvalue weighted by Gasteiger charge is -2.25. The van der Waals surface area contributed by atoms with Crippen molar-refractivity contribution in [3.05, 3.63) is 77.8 Å². The highest BCUT2D eigenvalue weighted by molar-refractivity contribution is 6.22. The molecule has 0 radical (unpaired) electrons. The summed E-state index contributed by atoms with van der Waals surface area (Å²) in [6.07, 6.45) is 1.86. The molecule has 0 spiro atoms. The van der Waals surface area contributed by atoms with E-state index in [1.54, 1.807) is 30.5 Å². The Labute approximate surface area is 179 Å². The largest absolute Gasteiger partial charge is 0.454 e. The zero-order chi connectivity index (χ0) is 22.0. The van der Waals surface area contributed by atoms with E-state index in [1.807, 2.05) is 44.2 Å². The molecule has 2 amide bonds. The molecule has 7 nitrogen and oxygen atoms in total. The average molecular weight is 418 g/mol. The summed E-state index contributed by atoms with van der Waals surface area (Å²) in [5, 5.41) is 0. The zero-order valence-corrected chi connectivity index (χ0v) is 17.3. The molecule has 158 valence electrons. The Morgan fingerprint density at radius 1 is 1.00 bits per heavy atom. The average Bonchev–Trinajstić information content (AvgIpc) is 3.35. The SMILES string of the molecule is CC(C)C[C@H](C(=O)OCc1ncc(-c2ccccc2)o1)N1C(=O)c2ccccc2C1=O. The summed E-state index contributed by atoms with van der Waals surface area (Å²) >= 11 is 0. The van der Waals surface area contributed by atoms with E-state index in [4.69, 9.17) is 9.15 Å². The number of rotatable bonds is 7. The van der Waals surface area contributed by atoms with Crippen molar-refractivity contribution in [2.24, 2.45) is 5.92 Å². The van der Waals surface area contributed by atoms with E-state index >= 15 is 0 Å². The second-order valence-corrected chi connectivity index (χ2v) is 7.76. The van der Waals surface area contributed by atoms with E-state index in [0.717, 1.165) is 10.5 Å². The van der Waals surface area contributed by atoms with Gasteiger partial charge in [0.15, 0.2) is 12.4 Å². The zero-order valence-electron chi connectivity index (χ0n) is 17.3. The number of hydrogen-bond donors (Lipinski definition) is 0. The van der Waals surface area contributed by atoms with Crippen LogP contribution in [-0.4, -0.2) is 33.7 Å². The van der Waals surface area contributed by atoms with Gasteiger partial charge >= 0.3 is 5.97 Å². The number of carbonyl (C=O) groups excluding carboxylic acids is 3. The number of oxazole rings is 1. The molecular weight excluding hydrogens is 396 g/mol. The van der Waals surface area contributed by atoms with Gasteiger partial charge in [-0.25, -0.2) is 9.78 Å². The summed E-state index contributed by atoms with van der Waals surface area (Å²) in [4.78, 5) is 43.8. The van der Waals surface area contributed by atoms with Crippen molar-refractivity contribution in [1.29, 1.82) is 0 Å². The van der Waals surface area contributed by atoms with Gasteiger partial charge in [-0.15, -0.1) is 0 Å². The molecule has 0 bridgehead atoms. The second kappa shape index (κ2) is 8.55. The van der Waals surface area contributed by atoms with Crippen LogP contribution < -0.4 is 0 Å². The quantitative estimate of drug-likeness (QED) is 0.424. The number of benzene rings is 2. The predicted molar refractivity (Wildman–Crippen MR) is 112 cm³/mol. The number of imide groups is 1. The first-order chi connectivity index (χ1) is 15.0. The Balaban J connectivity index is 1.49. The highest BCUT2D eigenvalue weighted by atomic mass is 16.5. The van der Waals surface area contributed by atoms with Crippen LogP contribution in [0.5, 0.6) is 0 Å². The van der Waals surface area contributed by atoms with Gasteiger partial charge in [-0.3, -0.25) is 14.5 Å². The number of esters is 1. The standard InChI is InChI=1S/C24H22N2O5/c1-15(2)12-19(26-22(27)17-10-6-7-11-18(17)23(26)28)24(29)30-14-21-25-13-20(31-21)16-8-4-3-5-9-16/h3-11,13,15,19H,12,14H2,1-2H3/t19-/m1/s1. The normalized spacial score (nSPS) is 14.1. The first-order valence-corrected chi connectivity index (χ1v) is 10.1. The van der Waals surface area contributed by atoms with Crippen LogP contribution in [0.2, 0.25) is 0 Å². The molecule has 0 unspecified atom stereocenters. The van der Waals surface area contributed by atoms with Crippen molar-refractivity contribution in [2.75, 3.05) is 0 Å². The van der Waals surface area contributed by atoms with Crippen LogP contribution in [0.25, 0.3) is 11.3 Å². The van der Waals surface area contributed by atoms with Crippen LogP contribution in [0.3, 0.4) is 0 Å². The second-order valence-electron chi connectivity index (χ2n) is 7.76. The maximum atomic E-state index is 12.9. The van der Waals surface area contributed by atoms with Gasteiger partial charge in [0, 0.05) is 5.56 Å². The van der Waals surface area contributed by atoms with E-state index in [-0.39, 0.29) is 18.4 Å². The van der Waals surface area contributed by atoms with E-state index in [0.29, 0.717) is 23.3 Å². The minimum Gasteiger partial charge on any atom is -0.454 e. The summed E-state index contributed by atoms with van der Waals surface area (Å²) in [6, 6.07) is 15.0. The third-order valence-electron chi connectivity index (χ3n) is 5.05. The van der Waals surface area contributed by atoms with Gasteiger partial charge in [-0.1, -0.05) is 56.3 Å². The molecule has 1 atom stereocenters. The van der Waals surface area contributed by atoms with E-state index in [1.165, 1.54) is 0 Å². The molecular formula is C24H22N2O5. The Bertz CT molecular complexity index is 1080. The lowest BCUT2D eigenvalue weighted by atomic mass is 10.0. The number of carbonyl (C=O) groups is 3. The molecule has 3 aromatic rings. The van der Waals surface area contributed by atoms with Crippen LogP contribution in [-0.2, 0) is 16.1 Å². The fourth-order valence-corrected chi connectivity index (χ4v) is 3.59. The molecule has 1 aromatic heterocycles. The van der Waals surface area contributed by atoms with Crippen molar-refractivity contribution in [3.8, 4) is 11.3 Å². The molecule has 2 heterocycles. The number of amides is 2. The maximum Gasteiger partial charge on any atom is 0.329 e. The molecule has 0 saturated heterocycles. The summed E-state index contributed by atoms with van der Waals surface area (Å²) in [6.45, 7) is 3.64. The minimum atomic E-state index is -1.02. The molecule has 0 aliphatic carbocycles. The predicted octanol–water partition coefficient (Wildman–Crippen LogP) is 4.10. The monoisotopic (exact) mass is 418 g/mol. The van der Waals surface area contributed by atoms with Crippen molar-refractivity contribution < 1.29 is 23.5 Å². The van der Waals surface area contributed by atoms with Crippen LogP contribution in [0, 0.1) is 5.92 Å². The van der Waals surface area contributed by atoms with Gasteiger partial charge in [0.25, 0.3) is 11.8 Å². The number of nitrogens with zero attached hydrogens (tertiary/aromatic N) is 2. The molecule has 0 N–H and O–H groups in total. The van der Waals surface area contributed by atoms with Gasteiger partial charge in [-0.2, -0.15) is 0 Å². The number of fused-ring (bicyclic) bond motifs is 1. The van der Waals surface area contributed by atoms with Crippen LogP contribution in [0.4, 0.5) is 0 Å². The lowest BCUT2D eigenvalue weighted by Crippen LogP contribution is -2.46. The summed E-state index contributed by atoms with van der Waals surface area (Å²) in [7, 11) is 0. The lowest BCUT2D eigenvalue weighted by molar-refractivity contribution is -0.151. The maximum absolute atomic E-state index is 12.9. The van der Waals surface area contributed by atoms with Crippen LogP contribution in [0.1, 0.15) is 46.9 Å². The Hall–Kier alpha value is -3.74. The first-order valence-electron chi connectivity index (χ1n) is 10.1. The molecule has 1 aliphatic heterocycles.